The van der Waals surface area contributed by atoms with Crippen LogP contribution in [0.4, 0.5) is 0 Å². The van der Waals surface area contributed by atoms with Gasteiger partial charge in [0.2, 0.25) is 0 Å². The molecular formula is C14H27NO3. The van der Waals surface area contributed by atoms with Crippen LogP contribution in [0.1, 0.15) is 54.4 Å². The maximum absolute atomic E-state index is 11.9. The van der Waals surface area contributed by atoms with Crippen molar-refractivity contribution in [3.63, 3.8) is 0 Å². The van der Waals surface area contributed by atoms with Gasteiger partial charge in [0.05, 0.1) is 29.8 Å². The second-order valence-corrected chi connectivity index (χ2v) is 6.14. The van der Waals surface area contributed by atoms with Crippen molar-refractivity contribution in [1.82, 2.24) is 5.32 Å². The van der Waals surface area contributed by atoms with Crippen molar-refractivity contribution >= 4 is 5.97 Å². The van der Waals surface area contributed by atoms with Gasteiger partial charge in [-0.2, -0.15) is 0 Å². The predicted molar refractivity (Wildman–Crippen MR) is 71.5 cm³/mol. The molecule has 4 heteroatoms. The van der Waals surface area contributed by atoms with Crippen LogP contribution in [-0.4, -0.2) is 35.9 Å². The van der Waals surface area contributed by atoms with Gasteiger partial charge in [0.15, 0.2) is 0 Å². The van der Waals surface area contributed by atoms with Gasteiger partial charge in [-0.1, -0.05) is 6.92 Å². The summed E-state index contributed by atoms with van der Waals surface area (Å²) in [6.07, 6.45) is 1.16. The van der Waals surface area contributed by atoms with Crippen LogP contribution < -0.4 is 5.32 Å². The summed E-state index contributed by atoms with van der Waals surface area (Å²) in [5.41, 5.74) is -0.963. The molecule has 1 atom stereocenters. The van der Waals surface area contributed by atoms with Crippen LogP contribution in [0.5, 0.6) is 0 Å². The molecule has 1 unspecified atom stereocenters. The summed E-state index contributed by atoms with van der Waals surface area (Å²) < 4.78 is 11.2. The van der Waals surface area contributed by atoms with Gasteiger partial charge >= 0.3 is 5.97 Å². The number of rotatable bonds is 5. The van der Waals surface area contributed by atoms with E-state index in [2.05, 4.69) is 19.2 Å². The number of likely N-dealkylation sites (N-methyl/N-ethyl adjacent to an activating group) is 1. The van der Waals surface area contributed by atoms with E-state index in [9.17, 15) is 4.79 Å². The quantitative estimate of drug-likeness (QED) is 0.768. The zero-order chi connectivity index (χ0) is 14.0. The van der Waals surface area contributed by atoms with E-state index in [1.54, 1.807) is 0 Å². The van der Waals surface area contributed by atoms with Crippen LogP contribution in [0, 0.1) is 0 Å². The molecule has 0 radical (unpaired) electrons. The number of carbonyl (C=O) groups excluding carboxylic acids is 1. The van der Waals surface area contributed by atoms with Gasteiger partial charge in [0.1, 0.15) is 0 Å². The maximum atomic E-state index is 11.9. The Morgan fingerprint density at radius 2 is 1.89 bits per heavy atom. The van der Waals surface area contributed by atoms with Crippen LogP contribution in [0.2, 0.25) is 0 Å². The molecule has 0 aliphatic carbocycles. The van der Waals surface area contributed by atoms with Crippen molar-refractivity contribution in [2.75, 3.05) is 13.2 Å². The SMILES string of the molecule is CCNC1(CC(=O)OCC)CC(C)(C)OC1(C)C. The highest BCUT2D eigenvalue weighted by molar-refractivity contribution is 5.71. The lowest BCUT2D eigenvalue weighted by atomic mass is 9.76. The van der Waals surface area contributed by atoms with Gasteiger partial charge in [-0.05, 0) is 47.6 Å². The summed E-state index contributed by atoms with van der Waals surface area (Å²) in [4.78, 5) is 11.9. The van der Waals surface area contributed by atoms with E-state index in [0.717, 1.165) is 13.0 Å². The first kappa shape index (κ1) is 15.4. The van der Waals surface area contributed by atoms with Gasteiger partial charge in [0, 0.05) is 0 Å². The molecule has 0 aromatic rings. The lowest BCUT2D eigenvalue weighted by Crippen LogP contribution is -2.58. The number of carbonyl (C=O) groups is 1. The molecule has 1 heterocycles. The van der Waals surface area contributed by atoms with Gasteiger partial charge in [-0.15, -0.1) is 0 Å². The molecule has 4 nitrogen and oxygen atoms in total. The molecule has 1 saturated heterocycles. The number of hydrogen-bond donors (Lipinski definition) is 1. The largest absolute Gasteiger partial charge is 0.466 e. The van der Waals surface area contributed by atoms with E-state index in [1.807, 2.05) is 27.7 Å². The van der Waals surface area contributed by atoms with Crippen LogP contribution in [-0.2, 0) is 14.3 Å². The minimum Gasteiger partial charge on any atom is -0.466 e. The average Bonchev–Trinajstić information content (AvgIpc) is 2.31. The van der Waals surface area contributed by atoms with Crippen molar-refractivity contribution < 1.29 is 14.3 Å². The van der Waals surface area contributed by atoms with Gasteiger partial charge in [-0.25, -0.2) is 0 Å². The fourth-order valence-electron chi connectivity index (χ4n) is 3.17. The highest BCUT2D eigenvalue weighted by Gasteiger charge is 2.57. The number of nitrogens with one attached hydrogen (secondary N) is 1. The second-order valence-electron chi connectivity index (χ2n) is 6.14. The Hall–Kier alpha value is -0.610. The van der Waals surface area contributed by atoms with Crippen LogP contribution >= 0.6 is 0 Å². The summed E-state index contributed by atoms with van der Waals surface area (Å²) in [7, 11) is 0. The molecule has 106 valence electrons. The summed E-state index contributed by atoms with van der Waals surface area (Å²) >= 11 is 0. The smallest absolute Gasteiger partial charge is 0.307 e. The first-order valence-electron chi connectivity index (χ1n) is 6.79. The minimum atomic E-state index is -0.390. The Morgan fingerprint density at radius 1 is 1.28 bits per heavy atom. The van der Waals surface area contributed by atoms with Crippen molar-refractivity contribution in [3.05, 3.63) is 0 Å². The van der Waals surface area contributed by atoms with Crippen molar-refractivity contribution in [1.29, 1.82) is 0 Å². The van der Waals surface area contributed by atoms with Gasteiger partial charge in [-0.3, -0.25) is 4.79 Å². The first-order valence-corrected chi connectivity index (χ1v) is 6.79. The van der Waals surface area contributed by atoms with Crippen molar-refractivity contribution in [3.8, 4) is 0 Å². The molecule has 1 N–H and O–H groups in total. The van der Waals surface area contributed by atoms with Gasteiger partial charge < -0.3 is 14.8 Å². The third kappa shape index (κ3) is 3.04. The summed E-state index contributed by atoms with van der Waals surface area (Å²) in [6, 6.07) is 0. The molecule has 0 aromatic heterocycles. The Kier molecular flexibility index (Phi) is 4.44. The molecular weight excluding hydrogens is 230 g/mol. The minimum absolute atomic E-state index is 0.159. The van der Waals surface area contributed by atoms with Crippen molar-refractivity contribution in [2.24, 2.45) is 0 Å². The van der Waals surface area contributed by atoms with Crippen molar-refractivity contribution in [2.45, 2.75) is 71.1 Å². The first-order chi connectivity index (χ1) is 8.18. The van der Waals surface area contributed by atoms with E-state index in [4.69, 9.17) is 9.47 Å². The lowest BCUT2D eigenvalue weighted by Gasteiger charge is -2.39. The molecule has 0 spiro atoms. The standard InChI is InChI=1S/C14H27NO3/c1-7-15-14(9-11(16)17-8-2)10-12(3,4)18-13(14,5)6/h15H,7-10H2,1-6H3. The number of ether oxygens (including phenoxy) is 2. The summed E-state index contributed by atoms with van der Waals surface area (Å²) in [6.45, 7) is 13.3. The molecule has 1 aliphatic rings. The third-order valence-electron chi connectivity index (χ3n) is 3.68. The molecule has 0 amide bonds. The zero-order valence-corrected chi connectivity index (χ0v) is 12.6. The number of hydrogen-bond acceptors (Lipinski definition) is 4. The Labute approximate surface area is 110 Å². The summed E-state index contributed by atoms with van der Waals surface area (Å²) in [5.74, 6) is -0.159. The molecule has 1 aliphatic heterocycles. The van der Waals surface area contributed by atoms with Crippen LogP contribution in [0.15, 0.2) is 0 Å². The monoisotopic (exact) mass is 257 g/mol. The fourth-order valence-corrected chi connectivity index (χ4v) is 3.17. The van der Waals surface area contributed by atoms with E-state index in [1.165, 1.54) is 0 Å². The number of esters is 1. The van der Waals surface area contributed by atoms with E-state index in [0.29, 0.717) is 13.0 Å². The van der Waals surface area contributed by atoms with E-state index >= 15 is 0 Å². The maximum Gasteiger partial charge on any atom is 0.307 e. The predicted octanol–water partition coefficient (Wildman–Crippen LogP) is 2.27. The highest BCUT2D eigenvalue weighted by atomic mass is 16.5. The molecule has 0 aromatic carbocycles. The van der Waals surface area contributed by atoms with Crippen LogP contribution in [0.25, 0.3) is 0 Å². The zero-order valence-electron chi connectivity index (χ0n) is 12.6. The average molecular weight is 257 g/mol. The molecule has 1 fully saturated rings. The summed E-state index contributed by atoms with van der Waals surface area (Å²) in [5, 5.41) is 3.47. The van der Waals surface area contributed by atoms with E-state index in [-0.39, 0.29) is 22.7 Å². The highest BCUT2D eigenvalue weighted by Crippen LogP contribution is 2.46. The molecule has 18 heavy (non-hydrogen) atoms. The normalized spacial score (nSPS) is 29.2. The fraction of sp³-hybridized carbons (Fsp3) is 0.929. The Morgan fingerprint density at radius 3 is 2.28 bits per heavy atom. The van der Waals surface area contributed by atoms with Crippen LogP contribution in [0.3, 0.4) is 0 Å². The molecule has 0 bridgehead atoms. The van der Waals surface area contributed by atoms with Gasteiger partial charge in [0.25, 0.3) is 0 Å². The molecule has 1 rings (SSSR count). The molecule has 0 saturated carbocycles. The second kappa shape index (κ2) is 5.17. The lowest BCUT2D eigenvalue weighted by molar-refractivity contribution is -0.147. The Bertz CT molecular complexity index is 312. The van der Waals surface area contributed by atoms with E-state index < -0.39 is 0 Å². The topological polar surface area (TPSA) is 47.6 Å². The third-order valence-corrected chi connectivity index (χ3v) is 3.68. The Balaban J connectivity index is 2.96.